The first-order valence-corrected chi connectivity index (χ1v) is 17.1. The van der Waals surface area contributed by atoms with E-state index in [4.69, 9.17) is 4.74 Å². The van der Waals surface area contributed by atoms with E-state index in [0.29, 0.717) is 25.1 Å². The largest absolute Gasteiger partial charge is 0.444 e. The molecule has 0 saturated heterocycles. The summed E-state index contributed by atoms with van der Waals surface area (Å²) in [7, 11) is 0. The molecule has 0 bridgehead atoms. The molecule has 0 atom stereocenters. The van der Waals surface area contributed by atoms with Gasteiger partial charge in [-0.2, -0.15) is 0 Å². The summed E-state index contributed by atoms with van der Waals surface area (Å²) in [5, 5.41) is 19.8. The highest BCUT2D eigenvalue weighted by molar-refractivity contribution is 5.92. The molecule has 0 radical (unpaired) electrons. The van der Waals surface area contributed by atoms with Gasteiger partial charge in [0.2, 0.25) is 11.8 Å². The van der Waals surface area contributed by atoms with E-state index in [2.05, 4.69) is 20.9 Å². The minimum atomic E-state index is -0.886. The number of nitrogens with zero attached hydrogens (tertiary/aromatic N) is 1. The van der Waals surface area contributed by atoms with Crippen LogP contribution < -0.4 is 16.0 Å². The molecule has 3 aromatic rings. The van der Waals surface area contributed by atoms with Crippen LogP contribution in [0.3, 0.4) is 0 Å². The van der Waals surface area contributed by atoms with Crippen molar-refractivity contribution in [2.75, 3.05) is 5.32 Å². The zero-order valence-electron chi connectivity index (χ0n) is 29.1. The summed E-state index contributed by atoms with van der Waals surface area (Å²) < 4.78 is 5.54. The Morgan fingerprint density at radius 1 is 0.938 bits per heavy atom. The summed E-state index contributed by atoms with van der Waals surface area (Å²) in [6.07, 6.45) is 6.02. The molecule has 0 aliphatic heterocycles. The van der Waals surface area contributed by atoms with Crippen molar-refractivity contribution in [3.05, 3.63) is 72.4 Å². The molecule has 1 aromatic heterocycles. The van der Waals surface area contributed by atoms with Gasteiger partial charge in [-0.3, -0.25) is 9.59 Å². The molecule has 0 spiro atoms. The van der Waals surface area contributed by atoms with E-state index in [1.165, 1.54) is 0 Å². The second-order valence-corrected chi connectivity index (χ2v) is 15.3. The van der Waals surface area contributed by atoms with Crippen molar-refractivity contribution in [3.8, 4) is 22.3 Å². The Labute approximate surface area is 284 Å². The lowest BCUT2D eigenvalue weighted by Gasteiger charge is -2.52. The smallest absolute Gasteiger partial charge is 0.408 e. The Hall–Kier alpha value is -4.24. The molecule has 2 aliphatic rings. The zero-order chi connectivity index (χ0) is 34.7. The molecule has 48 heavy (non-hydrogen) atoms. The SMILES string of the molecule is CC(C)C(=O)NC1CCC(CC(=O)Nc2cc(-c3ccccc3)c(-c3ccc(C4(NC(=O)OC(C)(C)C)CC(C)(O)C4)cc3)cn2)CC1. The topological polar surface area (TPSA) is 130 Å². The highest BCUT2D eigenvalue weighted by atomic mass is 16.6. The van der Waals surface area contributed by atoms with Gasteiger partial charge < -0.3 is 25.8 Å². The summed E-state index contributed by atoms with van der Waals surface area (Å²) >= 11 is 0. The molecule has 9 nitrogen and oxygen atoms in total. The van der Waals surface area contributed by atoms with E-state index in [1.807, 2.05) is 95.3 Å². The number of nitrogens with one attached hydrogen (secondary N) is 3. The Balaban J connectivity index is 1.31. The van der Waals surface area contributed by atoms with Crippen molar-refractivity contribution in [1.29, 1.82) is 0 Å². The molecule has 5 rings (SSSR count). The molecule has 2 fully saturated rings. The van der Waals surface area contributed by atoms with E-state index >= 15 is 0 Å². The van der Waals surface area contributed by atoms with Crippen molar-refractivity contribution in [1.82, 2.24) is 15.6 Å². The number of alkyl carbamates (subject to hydrolysis) is 1. The number of benzene rings is 2. The van der Waals surface area contributed by atoms with Crippen LogP contribution in [0.1, 0.15) is 92.1 Å². The third kappa shape index (κ3) is 8.81. The summed E-state index contributed by atoms with van der Waals surface area (Å²) in [5.74, 6) is 0.763. The summed E-state index contributed by atoms with van der Waals surface area (Å²) in [5.41, 5.74) is 2.39. The molecular weight excluding hydrogens is 604 g/mol. The predicted molar refractivity (Wildman–Crippen MR) is 188 cm³/mol. The number of carbonyl (C=O) groups excluding carboxylic acids is 3. The number of pyridine rings is 1. The van der Waals surface area contributed by atoms with Gasteiger partial charge in [0.05, 0.1) is 11.1 Å². The number of amides is 3. The van der Waals surface area contributed by atoms with Crippen molar-refractivity contribution in [2.45, 2.75) is 109 Å². The first-order valence-electron chi connectivity index (χ1n) is 17.1. The van der Waals surface area contributed by atoms with E-state index in [9.17, 15) is 19.5 Å². The highest BCUT2D eigenvalue weighted by Gasteiger charge is 2.53. The lowest BCUT2D eigenvalue weighted by Crippen LogP contribution is -2.62. The van der Waals surface area contributed by atoms with Gasteiger partial charge in [0.1, 0.15) is 11.4 Å². The molecule has 4 N–H and O–H groups in total. The second-order valence-electron chi connectivity index (χ2n) is 15.3. The fourth-order valence-corrected chi connectivity index (χ4v) is 7.03. The minimum absolute atomic E-state index is 0.0289. The molecule has 2 aliphatic carbocycles. The molecule has 2 aromatic carbocycles. The maximum absolute atomic E-state index is 13.1. The molecular formula is C39H50N4O5. The molecule has 9 heteroatoms. The lowest BCUT2D eigenvalue weighted by molar-refractivity contribution is -0.125. The number of aromatic nitrogens is 1. The third-order valence-corrected chi connectivity index (χ3v) is 9.30. The van der Waals surface area contributed by atoms with Crippen LogP contribution in [-0.4, -0.2) is 45.2 Å². The number of rotatable bonds is 9. The number of ether oxygens (including phenoxy) is 1. The Bertz CT molecular complexity index is 1600. The van der Waals surface area contributed by atoms with E-state index in [-0.39, 0.29) is 29.7 Å². The van der Waals surface area contributed by atoms with Crippen LogP contribution in [0, 0.1) is 11.8 Å². The van der Waals surface area contributed by atoms with Gasteiger partial charge in [0, 0.05) is 43.0 Å². The van der Waals surface area contributed by atoms with Gasteiger partial charge in [-0.05, 0) is 87.6 Å². The maximum atomic E-state index is 13.1. The van der Waals surface area contributed by atoms with Gasteiger partial charge >= 0.3 is 6.09 Å². The number of hydrogen-bond donors (Lipinski definition) is 4. The highest BCUT2D eigenvalue weighted by Crippen LogP contribution is 2.49. The Morgan fingerprint density at radius 2 is 1.56 bits per heavy atom. The van der Waals surface area contributed by atoms with Crippen LogP contribution >= 0.6 is 0 Å². The third-order valence-electron chi connectivity index (χ3n) is 9.30. The number of aliphatic hydroxyl groups is 1. The summed E-state index contributed by atoms with van der Waals surface area (Å²) in [4.78, 5) is 42.6. The Morgan fingerprint density at radius 3 is 2.15 bits per heavy atom. The van der Waals surface area contributed by atoms with Crippen LogP contribution in [0.15, 0.2) is 66.9 Å². The van der Waals surface area contributed by atoms with Crippen molar-refractivity contribution in [3.63, 3.8) is 0 Å². The van der Waals surface area contributed by atoms with Crippen LogP contribution in [0.2, 0.25) is 0 Å². The zero-order valence-corrected chi connectivity index (χ0v) is 29.1. The number of hydrogen-bond acceptors (Lipinski definition) is 6. The second kappa shape index (κ2) is 14.1. The molecule has 0 unspecified atom stereocenters. The van der Waals surface area contributed by atoms with Gasteiger partial charge in [-0.25, -0.2) is 9.78 Å². The maximum Gasteiger partial charge on any atom is 0.408 e. The van der Waals surface area contributed by atoms with Gasteiger partial charge in [-0.15, -0.1) is 0 Å². The van der Waals surface area contributed by atoms with E-state index < -0.39 is 22.8 Å². The molecule has 1 heterocycles. The normalized spacial score (nSPS) is 23.9. The van der Waals surface area contributed by atoms with Crippen molar-refractivity contribution >= 4 is 23.7 Å². The predicted octanol–water partition coefficient (Wildman–Crippen LogP) is 7.34. The lowest BCUT2D eigenvalue weighted by atomic mass is 9.62. The van der Waals surface area contributed by atoms with Gasteiger partial charge in [0.25, 0.3) is 0 Å². The van der Waals surface area contributed by atoms with E-state index in [1.54, 1.807) is 13.1 Å². The first kappa shape index (κ1) is 35.1. The summed E-state index contributed by atoms with van der Waals surface area (Å²) in [6.45, 7) is 11.0. The van der Waals surface area contributed by atoms with Crippen LogP contribution in [0.25, 0.3) is 22.3 Å². The standard InChI is InChI=1S/C39H50N4O5/c1-25(2)35(45)41-30-18-12-26(13-19-30)20-34(44)42-33-21-31(27-10-8-7-9-11-27)32(22-40-33)28-14-16-29(17-15-28)39(23-38(6,47)24-39)43-36(46)48-37(3,4)5/h7-11,14-17,21-22,25-26,30,47H,12-13,18-20,23-24H2,1-6H3,(H,41,45)(H,43,46)(H,40,42,44). The molecule has 2 saturated carbocycles. The first-order chi connectivity index (χ1) is 22.6. The average Bonchev–Trinajstić information content (AvgIpc) is 3.00. The minimum Gasteiger partial charge on any atom is -0.444 e. The van der Waals surface area contributed by atoms with Gasteiger partial charge in [0.15, 0.2) is 0 Å². The monoisotopic (exact) mass is 654 g/mol. The summed E-state index contributed by atoms with van der Waals surface area (Å²) in [6, 6.07) is 20.1. The van der Waals surface area contributed by atoms with Crippen LogP contribution in [0.5, 0.6) is 0 Å². The fraction of sp³-hybridized carbons (Fsp3) is 0.487. The number of carbonyl (C=O) groups is 3. The average molecular weight is 655 g/mol. The Kier molecular flexibility index (Phi) is 10.3. The van der Waals surface area contributed by atoms with Crippen molar-refractivity contribution < 1.29 is 24.2 Å². The van der Waals surface area contributed by atoms with Gasteiger partial charge in [-0.1, -0.05) is 68.4 Å². The van der Waals surface area contributed by atoms with E-state index in [0.717, 1.165) is 53.5 Å². The van der Waals surface area contributed by atoms with Crippen LogP contribution in [0.4, 0.5) is 10.6 Å². The fourth-order valence-electron chi connectivity index (χ4n) is 7.03. The van der Waals surface area contributed by atoms with Crippen molar-refractivity contribution in [2.24, 2.45) is 11.8 Å². The quantitative estimate of drug-likeness (QED) is 0.191. The molecule has 3 amide bonds. The van der Waals surface area contributed by atoms with Crippen LogP contribution in [-0.2, 0) is 19.9 Å². The number of anilines is 1. The molecule has 256 valence electrons.